The molecule has 8 heteroatoms. The number of rotatable bonds is 11. The van der Waals surface area contributed by atoms with Crippen molar-refractivity contribution in [3.8, 4) is 17.2 Å². The Hall–Kier alpha value is -3.10. The Balaban J connectivity index is 1.66. The first-order valence-corrected chi connectivity index (χ1v) is 12.1. The number of ether oxygens (including phenoxy) is 3. The maximum Gasteiger partial charge on any atom is 0.271 e. The molecule has 0 heterocycles. The fraction of sp³-hybridized carbons (Fsp3) is 0.154. The fourth-order valence-electron chi connectivity index (χ4n) is 2.94. The van der Waals surface area contributed by atoms with Crippen molar-refractivity contribution in [3.05, 3.63) is 99.0 Å². The minimum atomic E-state index is -0.365. The number of hydrogen-bond acceptors (Lipinski definition) is 5. The number of nitrogens with zero attached hydrogens (tertiary/aromatic N) is 1. The topological polar surface area (TPSA) is 69.2 Å². The zero-order chi connectivity index (χ0) is 24.3. The second kappa shape index (κ2) is 13.0. The molecule has 0 radical (unpaired) electrons. The smallest absolute Gasteiger partial charge is 0.271 e. The van der Waals surface area contributed by atoms with Gasteiger partial charge in [-0.05, 0) is 80.2 Å². The van der Waals surface area contributed by atoms with Crippen molar-refractivity contribution in [1.82, 2.24) is 5.43 Å². The molecule has 0 saturated carbocycles. The van der Waals surface area contributed by atoms with Crippen molar-refractivity contribution in [2.45, 2.75) is 13.5 Å². The molecule has 1 N–H and O–H groups in total. The third-order valence-electron chi connectivity index (χ3n) is 4.49. The average Bonchev–Trinajstić information content (AvgIpc) is 2.83. The molecule has 3 aromatic carbocycles. The number of halogens is 2. The number of amides is 1. The highest BCUT2D eigenvalue weighted by molar-refractivity contribution is 9.11. The van der Waals surface area contributed by atoms with Gasteiger partial charge in [-0.3, -0.25) is 4.79 Å². The molecule has 0 aliphatic carbocycles. The number of carbonyl (C=O) groups is 1. The highest BCUT2D eigenvalue weighted by Crippen LogP contribution is 2.34. The lowest BCUT2D eigenvalue weighted by atomic mass is 10.2. The Kier molecular flexibility index (Phi) is 9.73. The molecule has 3 rings (SSSR count). The molecule has 0 atom stereocenters. The molecule has 0 fully saturated rings. The second-order valence-electron chi connectivity index (χ2n) is 6.98. The Morgan fingerprint density at radius 2 is 1.74 bits per heavy atom. The maximum atomic E-state index is 12.6. The van der Waals surface area contributed by atoms with Crippen molar-refractivity contribution >= 4 is 44.0 Å². The molecule has 1 amide bonds. The van der Waals surface area contributed by atoms with Crippen LogP contribution in [0.4, 0.5) is 0 Å². The Morgan fingerprint density at radius 3 is 2.41 bits per heavy atom. The van der Waals surface area contributed by atoms with E-state index in [0.29, 0.717) is 42.6 Å². The minimum absolute atomic E-state index is 0.365. The highest BCUT2D eigenvalue weighted by Gasteiger charge is 2.12. The van der Waals surface area contributed by atoms with Gasteiger partial charge in [-0.15, -0.1) is 0 Å². The predicted octanol–water partition coefficient (Wildman–Crippen LogP) is 6.52. The zero-order valence-electron chi connectivity index (χ0n) is 18.6. The van der Waals surface area contributed by atoms with Crippen LogP contribution in [0, 0.1) is 0 Å². The van der Waals surface area contributed by atoms with E-state index in [1.807, 2.05) is 49.4 Å². The molecular weight excluding hydrogens is 564 g/mol. The van der Waals surface area contributed by atoms with Gasteiger partial charge in [0.15, 0.2) is 11.5 Å². The second-order valence-corrected chi connectivity index (χ2v) is 8.69. The normalized spacial score (nSPS) is 10.7. The monoisotopic (exact) mass is 586 g/mol. The van der Waals surface area contributed by atoms with E-state index >= 15 is 0 Å². The summed E-state index contributed by atoms with van der Waals surface area (Å²) in [5.41, 5.74) is 4.76. The standard InChI is InChI=1S/C26H24Br2N2O4/c1-3-12-33-25-21(27)13-19(14-22(25)28)16-29-30-26(31)20-10-11-23(24(15-20)32-4-2)34-17-18-8-6-5-7-9-18/h3,5-11,13-16H,1,4,12,17H2,2H3,(H,30,31)/b29-16+. The fourth-order valence-corrected chi connectivity index (χ4v) is 4.39. The quantitative estimate of drug-likeness (QED) is 0.158. The van der Waals surface area contributed by atoms with Gasteiger partial charge in [-0.1, -0.05) is 43.0 Å². The Labute approximate surface area is 215 Å². The van der Waals surface area contributed by atoms with Crippen molar-refractivity contribution < 1.29 is 19.0 Å². The van der Waals surface area contributed by atoms with Gasteiger partial charge >= 0.3 is 0 Å². The summed E-state index contributed by atoms with van der Waals surface area (Å²) in [5, 5.41) is 4.07. The van der Waals surface area contributed by atoms with Crippen LogP contribution in [0.15, 0.2) is 87.4 Å². The van der Waals surface area contributed by atoms with Gasteiger partial charge in [0.05, 0.1) is 21.8 Å². The molecule has 3 aromatic rings. The van der Waals surface area contributed by atoms with Crippen molar-refractivity contribution in [3.63, 3.8) is 0 Å². The average molecular weight is 588 g/mol. The van der Waals surface area contributed by atoms with Gasteiger partial charge in [-0.2, -0.15) is 5.10 Å². The van der Waals surface area contributed by atoms with Gasteiger partial charge in [0, 0.05) is 5.56 Å². The molecule has 34 heavy (non-hydrogen) atoms. The number of nitrogens with one attached hydrogen (secondary N) is 1. The lowest BCUT2D eigenvalue weighted by molar-refractivity contribution is 0.0954. The van der Waals surface area contributed by atoms with Crippen LogP contribution < -0.4 is 19.6 Å². The van der Waals surface area contributed by atoms with Crippen LogP contribution in [-0.2, 0) is 6.61 Å². The molecular formula is C26H24Br2N2O4. The highest BCUT2D eigenvalue weighted by atomic mass is 79.9. The van der Waals surface area contributed by atoms with Crippen LogP contribution >= 0.6 is 31.9 Å². The zero-order valence-corrected chi connectivity index (χ0v) is 21.8. The SMILES string of the molecule is C=CCOc1c(Br)cc(/C=N/NC(=O)c2ccc(OCc3ccccc3)c(OCC)c2)cc1Br. The third-order valence-corrected chi connectivity index (χ3v) is 5.67. The van der Waals surface area contributed by atoms with E-state index in [2.05, 4.69) is 49.0 Å². The molecule has 176 valence electrons. The van der Waals surface area contributed by atoms with E-state index in [1.165, 1.54) is 0 Å². The van der Waals surface area contributed by atoms with Crippen LogP contribution in [0.2, 0.25) is 0 Å². The summed E-state index contributed by atoms with van der Waals surface area (Å²) in [6.07, 6.45) is 3.22. The molecule has 0 unspecified atom stereocenters. The molecule has 0 aromatic heterocycles. The molecule has 0 saturated heterocycles. The van der Waals surface area contributed by atoms with E-state index in [1.54, 1.807) is 30.5 Å². The first kappa shape index (κ1) is 25.5. The molecule has 0 spiro atoms. The van der Waals surface area contributed by atoms with E-state index in [9.17, 15) is 4.79 Å². The summed E-state index contributed by atoms with van der Waals surface area (Å²) in [4.78, 5) is 12.6. The number of benzene rings is 3. The summed E-state index contributed by atoms with van der Waals surface area (Å²) < 4.78 is 18.7. The van der Waals surface area contributed by atoms with Crippen LogP contribution in [0.25, 0.3) is 0 Å². The van der Waals surface area contributed by atoms with Crippen LogP contribution in [0.3, 0.4) is 0 Å². The molecule has 0 aliphatic rings. The van der Waals surface area contributed by atoms with Gasteiger partial charge in [0.25, 0.3) is 5.91 Å². The number of hydrazone groups is 1. The summed E-state index contributed by atoms with van der Waals surface area (Å²) >= 11 is 6.96. The number of hydrogen-bond donors (Lipinski definition) is 1. The van der Waals surface area contributed by atoms with Crippen LogP contribution in [0.5, 0.6) is 17.2 Å². The van der Waals surface area contributed by atoms with Gasteiger partial charge < -0.3 is 14.2 Å². The molecule has 6 nitrogen and oxygen atoms in total. The maximum absolute atomic E-state index is 12.6. The summed E-state index contributed by atoms with van der Waals surface area (Å²) in [6.45, 7) is 6.76. The lowest BCUT2D eigenvalue weighted by Crippen LogP contribution is -2.17. The molecule has 0 bridgehead atoms. The summed E-state index contributed by atoms with van der Waals surface area (Å²) in [7, 11) is 0. The first-order chi connectivity index (χ1) is 16.5. The van der Waals surface area contributed by atoms with E-state index in [-0.39, 0.29) is 5.91 Å². The Morgan fingerprint density at radius 1 is 1.00 bits per heavy atom. The Bertz CT molecular complexity index is 1140. The lowest BCUT2D eigenvalue weighted by Gasteiger charge is -2.13. The number of carbonyl (C=O) groups excluding carboxylic acids is 1. The van der Waals surface area contributed by atoms with Gasteiger partial charge in [-0.25, -0.2) is 5.43 Å². The third kappa shape index (κ3) is 7.20. The van der Waals surface area contributed by atoms with E-state index in [4.69, 9.17) is 14.2 Å². The van der Waals surface area contributed by atoms with Crippen molar-refractivity contribution in [1.29, 1.82) is 0 Å². The van der Waals surface area contributed by atoms with Crippen molar-refractivity contribution in [2.24, 2.45) is 5.10 Å². The predicted molar refractivity (Wildman–Crippen MR) is 141 cm³/mol. The van der Waals surface area contributed by atoms with Crippen molar-refractivity contribution in [2.75, 3.05) is 13.2 Å². The summed E-state index contributed by atoms with van der Waals surface area (Å²) in [5.74, 6) is 1.37. The van der Waals surface area contributed by atoms with Gasteiger partial charge in [0.2, 0.25) is 0 Å². The van der Waals surface area contributed by atoms with E-state index in [0.717, 1.165) is 20.1 Å². The first-order valence-electron chi connectivity index (χ1n) is 10.5. The molecule has 0 aliphatic heterocycles. The minimum Gasteiger partial charge on any atom is -0.490 e. The van der Waals surface area contributed by atoms with Crippen LogP contribution in [0.1, 0.15) is 28.4 Å². The summed E-state index contributed by atoms with van der Waals surface area (Å²) in [6, 6.07) is 18.6. The van der Waals surface area contributed by atoms with Gasteiger partial charge in [0.1, 0.15) is 19.0 Å². The van der Waals surface area contributed by atoms with E-state index < -0.39 is 0 Å². The largest absolute Gasteiger partial charge is 0.490 e. The van der Waals surface area contributed by atoms with Crippen LogP contribution in [-0.4, -0.2) is 25.3 Å².